The number of carbonyl (C=O) groups excluding carboxylic acids is 3. The second-order valence-corrected chi connectivity index (χ2v) is 19.6. The number of allylic oxidation sites excluding steroid dienone is 4. The van der Waals surface area contributed by atoms with Crippen LogP contribution in [-0.4, -0.2) is 37.2 Å². The first-order valence-corrected chi connectivity index (χ1v) is 28.8. The SMILES string of the molecule is CCCCCC/C=C\C/C=C\CCCCCCCC(=O)OC(COC(=O)CCCCCCCCCCCCCCCC)COC(=O)CCCCCCCCCCCCCCCCCCC. The summed E-state index contributed by atoms with van der Waals surface area (Å²) in [5.74, 6) is -0.864. The molecular weight excluding hydrogens is 805 g/mol. The normalized spacial score (nSPS) is 12.1. The average Bonchev–Trinajstić information content (AvgIpc) is 3.30. The van der Waals surface area contributed by atoms with Gasteiger partial charge >= 0.3 is 17.9 Å². The molecule has 0 radical (unpaired) electrons. The summed E-state index contributed by atoms with van der Waals surface area (Å²) in [4.78, 5) is 38.1. The summed E-state index contributed by atoms with van der Waals surface area (Å²) >= 11 is 0. The standard InChI is InChI=1S/C59H110O6/c1-4-7-10-13-16-19-22-25-28-30-32-34-37-40-43-46-49-52-58(61)64-55-56(54-63-57(60)51-48-45-42-39-36-33-27-24-21-18-15-12-9-6-3)65-59(62)53-50-47-44-41-38-35-31-29-26-23-20-17-14-11-8-5-2/h20,23,29,31,56H,4-19,21-22,24-28,30,32-55H2,1-3H3/b23-20-,31-29-. The Hall–Kier alpha value is -2.11. The van der Waals surface area contributed by atoms with Gasteiger partial charge < -0.3 is 14.2 Å². The first-order valence-electron chi connectivity index (χ1n) is 28.8. The highest BCUT2D eigenvalue weighted by Gasteiger charge is 2.19. The van der Waals surface area contributed by atoms with E-state index in [1.165, 1.54) is 199 Å². The van der Waals surface area contributed by atoms with Gasteiger partial charge in [0.2, 0.25) is 0 Å². The van der Waals surface area contributed by atoms with E-state index in [1.54, 1.807) is 0 Å². The van der Waals surface area contributed by atoms with Gasteiger partial charge in [-0.2, -0.15) is 0 Å². The molecule has 6 nitrogen and oxygen atoms in total. The van der Waals surface area contributed by atoms with E-state index >= 15 is 0 Å². The van der Waals surface area contributed by atoms with Gasteiger partial charge in [-0.05, 0) is 51.4 Å². The fraction of sp³-hybridized carbons (Fsp3) is 0.881. The molecule has 0 aliphatic heterocycles. The molecule has 0 fully saturated rings. The summed E-state index contributed by atoms with van der Waals surface area (Å²) in [5.41, 5.74) is 0. The highest BCUT2D eigenvalue weighted by Crippen LogP contribution is 2.17. The third kappa shape index (κ3) is 52.7. The maximum atomic E-state index is 12.8. The van der Waals surface area contributed by atoms with Gasteiger partial charge in [-0.3, -0.25) is 14.4 Å². The first kappa shape index (κ1) is 62.9. The molecule has 0 heterocycles. The first-order chi connectivity index (χ1) is 32.0. The minimum atomic E-state index is -0.773. The number of esters is 3. The quantitative estimate of drug-likeness (QED) is 0.0262. The van der Waals surface area contributed by atoms with Gasteiger partial charge in [-0.1, -0.05) is 270 Å². The molecule has 0 spiro atoms. The molecule has 1 atom stereocenters. The van der Waals surface area contributed by atoms with Gasteiger partial charge in [0, 0.05) is 19.3 Å². The molecule has 382 valence electrons. The zero-order valence-electron chi connectivity index (χ0n) is 43.8. The summed E-state index contributed by atoms with van der Waals surface area (Å²) in [6.07, 6.45) is 63.0. The number of ether oxygens (including phenoxy) is 3. The summed E-state index contributed by atoms with van der Waals surface area (Å²) in [6, 6.07) is 0. The van der Waals surface area contributed by atoms with Gasteiger partial charge in [0.15, 0.2) is 6.10 Å². The van der Waals surface area contributed by atoms with Gasteiger partial charge in [-0.15, -0.1) is 0 Å². The Kier molecular flexibility index (Phi) is 52.7. The smallest absolute Gasteiger partial charge is 0.306 e. The number of hydrogen-bond donors (Lipinski definition) is 0. The highest BCUT2D eigenvalue weighted by molar-refractivity contribution is 5.71. The molecule has 0 bridgehead atoms. The highest BCUT2D eigenvalue weighted by atomic mass is 16.6. The number of rotatable bonds is 53. The Morgan fingerprint density at radius 2 is 0.554 bits per heavy atom. The third-order valence-electron chi connectivity index (χ3n) is 13.0. The van der Waals surface area contributed by atoms with Gasteiger partial charge in [0.05, 0.1) is 0 Å². The van der Waals surface area contributed by atoms with Crippen LogP contribution < -0.4 is 0 Å². The zero-order valence-corrected chi connectivity index (χ0v) is 43.8. The van der Waals surface area contributed by atoms with E-state index in [9.17, 15) is 14.4 Å². The molecule has 0 aromatic rings. The molecule has 0 aliphatic rings. The van der Waals surface area contributed by atoms with E-state index in [0.717, 1.165) is 77.0 Å². The molecule has 1 unspecified atom stereocenters. The van der Waals surface area contributed by atoms with Gasteiger partial charge in [0.25, 0.3) is 0 Å². The van der Waals surface area contributed by atoms with E-state index in [2.05, 4.69) is 45.1 Å². The molecule has 0 saturated carbocycles. The van der Waals surface area contributed by atoms with Crippen LogP contribution >= 0.6 is 0 Å². The van der Waals surface area contributed by atoms with Crippen molar-refractivity contribution >= 4 is 17.9 Å². The molecule has 0 aromatic carbocycles. The molecule has 0 amide bonds. The molecule has 65 heavy (non-hydrogen) atoms. The Balaban J connectivity index is 4.34. The van der Waals surface area contributed by atoms with Crippen LogP contribution in [0.1, 0.15) is 316 Å². The van der Waals surface area contributed by atoms with Gasteiger partial charge in [-0.25, -0.2) is 0 Å². The maximum absolute atomic E-state index is 12.8. The van der Waals surface area contributed by atoms with Crippen LogP contribution in [0.3, 0.4) is 0 Å². The van der Waals surface area contributed by atoms with Crippen molar-refractivity contribution in [2.45, 2.75) is 322 Å². The van der Waals surface area contributed by atoms with Crippen LogP contribution in [0.2, 0.25) is 0 Å². The largest absolute Gasteiger partial charge is 0.462 e. The van der Waals surface area contributed by atoms with Crippen LogP contribution in [0, 0.1) is 0 Å². The van der Waals surface area contributed by atoms with Crippen molar-refractivity contribution in [1.29, 1.82) is 0 Å². The number of unbranched alkanes of at least 4 members (excludes halogenated alkanes) is 38. The van der Waals surface area contributed by atoms with E-state index in [-0.39, 0.29) is 31.1 Å². The predicted molar refractivity (Wildman–Crippen MR) is 279 cm³/mol. The van der Waals surface area contributed by atoms with Crippen LogP contribution in [-0.2, 0) is 28.6 Å². The molecule has 0 aromatic heterocycles. The second kappa shape index (κ2) is 54.5. The van der Waals surface area contributed by atoms with Crippen LogP contribution in [0.15, 0.2) is 24.3 Å². The molecule has 0 rings (SSSR count). The monoisotopic (exact) mass is 915 g/mol. The van der Waals surface area contributed by atoms with E-state index in [0.29, 0.717) is 19.3 Å². The lowest BCUT2D eigenvalue weighted by Crippen LogP contribution is -2.30. The Morgan fingerprint density at radius 1 is 0.308 bits per heavy atom. The zero-order chi connectivity index (χ0) is 47.2. The summed E-state index contributed by atoms with van der Waals surface area (Å²) < 4.78 is 16.9. The lowest BCUT2D eigenvalue weighted by molar-refractivity contribution is -0.167. The number of carbonyl (C=O) groups is 3. The van der Waals surface area contributed by atoms with Crippen molar-refractivity contribution in [3.05, 3.63) is 24.3 Å². The summed E-state index contributed by atoms with van der Waals surface area (Å²) in [7, 11) is 0. The van der Waals surface area contributed by atoms with E-state index < -0.39 is 6.10 Å². The molecule has 0 saturated heterocycles. The fourth-order valence-electron chi connectivity index (χ4n) is 8.59. The maximum Gasteiger partial charge on any atom is 0.306 e. The summed E-state index contributed by atoms with van der Waals surface area (Å²) in [6.45, 7) is 6.66. The van der Waals surface area contributed by atoms with Crippen LogP contribution in [0.4, 0.5) is 0 Å². The van der Waals surface area contributed by atoms with Crippen molar-refractivity contribution in [1.82, 2.24) is 0 Å². The lowest BCUT2D eigenvalue weighted by Gasteiger charge is -2.18. The van der Waals surface area contributed by atoms with Crippen LogP contribution in [0.25, 0.3) is 0 Å². The Morgan fingerprint density at radius 3 is 0.862 bits per heavy atom. The van der Waals surface area contributed by atoms with Crippen molar-refractivity contribution in [3.8, 4) is 0 Å². The van der Waals surface area contributed by atoms with Gasteiger partial charge in [0.1, 0.15) is 13.2 Å². The van der Waals surface area contributed by atoms with Crippen molar-refractivity contribution < 1.29 is 28.6 Å². The van der Waals surface area contributed by atoms with Crippen molar-refractivity contribution in [2.24, 2.45) is 0 Å². The second-order valence-electron chi connectivity index (χ2n) is 19.6. The molecular formula is C59H110O6. The van der Waals surface area contributed by atoms with Crippen LogP contribution in [0.5, 0.6) is 0 Å². The number of hydrogen-bond acceptors (Lipinski definition) is 6. The topological polar surface area (TPSA) is 78.9 Å². The Labute approximate surface area is 404 Å². The van der Waals surface area contributed by atoms with Crippen molar-refractivity contribution in [3.63, 3.8) is 0 Å². The van der Waals surface area contributed by atoms with Crippen molar-refractivity contribution in [2.75, 3.05) is 13.2 Å². The average molecular weight is 916 g/mol. The minimum Gasteiger partial charge on any atom is -0.462 e. The van der Waals surface area contributed by atoms with E-state index in [4.69, 9.17) is 14.2 Å². The minimum absolute atomic E-state index is 0.0715. The molecule has 6 heteroatoms. The molecule has 0 N–H and O–H groups in total. The molecule has 0 aliphatic carbocycles. The predicted octanol–water partition coefficient (Wildman–Crippen LogP) is 19.1. The lowest BCUT2D eigenvalue weighted by atomic mass is 10.0. The summed E-state index contributed by atoms with van der Waals surface area (Å²) in [5, 5.41) is 0. The van der Waals surface area contributed by atoms with E-state index in [1.807, 2.05) is 0 Å². The fourth-order valence-corrected chi connectivity index (χ4v) is 8.59. The third-order valence-corrected chi connectivity index (χ3v) is 13.0. The Bertz CT molecular complexity index is 1050.